The molecule has 0 aliphatic carbocycles. The van der Waals surface area contributed by atoms with Crippen LogP contribution in [0.3, 0.4) is 0 Å². The van der Waals surface area contributed by atoms with Gasteiger partial charge in [0, 0.05) is 24.3 Å². The van der Waals surface area contributed by atoms with Crippen LogP contribution in [0.1, 0.15) is 40.8 Å². The summed E-state index contributed by atoms with van der Waals surface area (Å²) >= 11 is 7.59. The third-order valence-electron chi connectivity index (χ3n) is 5.11. The van der Waals surface area contributed by atoms with E-state index in [1.807, 2.05) is 35.4 Å². The number of anilines is 2. The van der Waals surface area contributed by atoms with Crippen molar-refractivity contribution in [3.63, 3.8) is 0 Å². The molecule has 0 unspecified atom stereocenters. The first-order valence-electron chi connectivity index (χ1n) is 9.68. The first-order chi connectivity index (χ1) is 14.6. The molecule has 0 bridgehead atoms. The quantitative estimate of drug-likeness (QED) is 0.492. The molecule has 5 rings (SSSR count). The van der Waals surface area contributed by atoms with Crippen molar-refractivity contribution >= 4 is 45.4 Å². The first kappa shape index (κ1) is 19.0. The lowest BCUT2D eigenvalue weighted by Gasteiger charge is -2.23. The summed E-state index contributed by atoms with van der Waals surface area (Å²) in [6.45, 7) is 2.64. The van der Waals surface area contributed by atoms with Crippen LogP contribution in [-0.2, 0) is 0 Å². The number of imidazole rings is 1. The minimum absolute atomic E-state index is 0.0781. The SMILES string of the molecule is Cc1csc(Nc2cccc([C@@H]3CCCN3C(=O)c3cn4cc(Cl)ccc4n3)n2)n1. The maximum absolute atomic E-state index is 13.2. The van der Waals surface area contributed by atoms with Gasteiger partial charge < -0.3 is 14.6 Å². The highest BCUT2D eigenvalue weighted by molar-refractivity contribution is 7.13. The molecule has 5 heterocycles. The Bertz CT molecular complexity index is 1240. The summed E-state index contributed by atoms with van der Waals surface area (Å²) in [5, 5.41) is 6.65. The number of halogens is 1. The average molecular weight is 439 g/mol. The lowest BCUT2D eigenvalue weighted by atomic mass is 10.1. The molecule has 0 spiro atoms. The van der Waals surface area contributed by atoms with Crippen molar-refractivity contribution < 1.29 is 4.79 Å². The molecule has 9 heteroatoms. The Morgan fingerprint density at radius 2 is 2.10 bits per heavy atom. The van der Waals surface area contributed by atoms with Gasteiger partial charge in [-0.3, -0.25) is 4.79 Å². The molecular weight excluding hydrogens is 420 g/mol. The number of carbonyl (C=O) groups excluding carboxylic acids is 1. The van der Waals surface area contributed by atoms with Crippen LogP contribution in [0, 0.1) is 6.92 Å². The molecule has 1 aliphatic rings. The van der Waals surface area contributed by atoms with Crippen LogP contribution < -0.4 is 5.32 Å². The topological polar surface area (TPSA) is 75.4 Å². The minimum Gasteiger partial charge on any atom is -0.329 e. The molecule has 0 saturated carbocycles. The lowest BCUT2D eigenvalue weighted by Crippen LogP contribution is -2.31. The van der Waals surface area contributed by atoms with Gasteiger partial charge in [0.1, 0.15) is 17.2 Å². The van der Waals surface area contributed by atoms with Gasteiger partial charge in [0.15, 0.2) is 5.13 Å². The van der Waals surface area contributed by atoms with Crippen molar-refractivity contribution in [2.24, 2.45) is 0 Å². The van der Waals surface area contributed by atoms with Crippen LogP contribution in [0.25, 0.3) is 5.65 Å². The van der Waals surface area contributed by atoms with E-state index < -0.39 is 0 Å². The lowest BCUT2D eigenvalue weighted by molar-refractivity contribution is 0.0727. The Morgan fingerprint density at radius 3 is 2.93 bits per heavy atom. The highest BCUT2D eigenvalue weighted by Gasteiger charge is 2.32. The zero-order chi connectivity index (χ0) is 20.7. The number of aryl methyl sites for hydroxylation is 1. The number of hydrogen-bond acceptors (Lipinski definition) is 6. The summed E-state index contributed by atoms with van der Waals surface area (Å²) in [5.41, 5.74) is 2.95. The maximum atomic E-state index is 13.2. The van der Waals surface area contributed by atoms with Gasteiger partial charge in [-0.2, -0.15) is 0 Å². The molecule has 152 valence electrons. The van der Waals surface area contributed by atoms with Crippen LogP contribution in [0.5, 0.6) is 0 Å². The van der Waals surface area contributed by atoms with E-state index >= 15 is 0 Å². The maximum Gasteiger partial charge on any atom is 0.274 e. The fourth-order valence-corrected chi connectivity index (χ4v) is 4.62. The second-order valence-electron chi connectivity index (χ2n) is 7.26. The summed E-state index contributed by atoms with van der Waals surface area (Å²) in [4.78, 5) is 28.8. The second-order valence-corrected chi connectivity index (χ2v) is 8.56. The van der Waals surface area contributed by atoms with Crippen LogP contribution >= 0.6 is 22.9 Å². The number of pyridine rings is 2. The number of thiazole rings is 1. The summed E-state index contributed by atoms with van der Waals surface area (Å²) in [7, 11) is 0. The van der Waals surface area contributed by atoms with Gasteiger partial charge in [0.2, 0.25) is 0 Å². The van der Waals surface area contributed by atoms with E-state index in [0.717, 1.165) is 35.2 Å². The fourth-order valence-electron chi connectivity index (χ4n) is 3.76. The van der Waals surface area contributed by atoms with E-state index in [1.165, 1.54) is 0 Å². The molecule has 1 saturated heterocycles. The van der Waals surface area contributed by atoms with Crippen molar-refractivity contribution in [3.8, 4) is 0 Å². The number of fused-ring (bicyclic) bond motifs is 1. The van der Waals surface area contributed by atoms with E-state index in [4.69, 9.17) is 16.6 Å². The normalized spacial score (nSPS) is 16.3. The predicted octanol–water partition coefficient (Wildman–Crippen LogP) is 4.87. The number of amides is 1. The molecule has 30 heavy (non-hydrogen) atoms. The summed E-state index contributed by atoms with van der Waals surface area (Å²) in [6, 6.07) is 9.33. The van der Waals surface area contributed by atoms with Crippen molar-refractivity contribution in [3.05, 3.63) is 70.2 Å². The standard InChI is InChI=1S/C21H19ClN6OS/c1-13-12-30-21(23-13)26-18-6-2-4-15(24-18)17-5-3-9-28(17)20(29)16-11-27-10-14(22)7-8-19(27)25-16/h2,4,6-8,10-12,17H,3,5,9H2,1H3,(H,23,24,26)/t17-/m0/s1. The van der Waals surface area contributed by atoms with Gasteiger partial charge >= 0.3 is 0 Å². The van der Waals surface area contributed by atoms with Gasteiger partial charge in [0.05, 0.1) is 22.5 Å². The van der Waals surface area contributed by atoms with Crippen LogP contribution in [0.4, 0.5) is 10.9 Å². The molecule has 1 N–H and O–H groups in total. The van der Waals surface area contributed by atoms with Gasteiger partial charge in [-0.25, -0.2) is 15.0 Å². The molecule has 1 aliphatic heterocycles. The Balaban J connectivity index is 1.40. The number of likely N-dealkylation sites (tertiary alicyclic amines) is 1. The number of nitrogens with one attached hydrogen (secondary N) is 1. The van der Waals surface area contributed by atoms with E-state index in [0.29, 0.717) is 22.9 Å². The van der Waals surface area contributed by atoms with Crippen LogP contribution in [0.15, 0.2) is 48.1 Å². The van der Waals surface area contributed by atoms with E-state index in [2.05, 4.69) is 15.3 Å². The second kappa shape index (κ2) is 7.70. The Kier molecular flexibility index (Phi) is 4.88. The van der Waals surface area contributed by atoms with E-state index in [-0.39, 0.29) is 11.9 Å². The number of aromatic nitrogens is 4. The first-order valence-corrected chi connectivity index (χ1v) is 10.9. The third-order valence-corrected chi connectivity index (χ3v) is 6.21. The van der Waals surface area contributed by atoms with E-state index in [1.54, 1.807) is 40.3 Å². The zero-order valence-corrected chi connectivity index (χ0v) is 17.8. The molecule has 0 radical (unpaired) electrons. The number of nitrogens with zero attached hydrogens (tertiary/aromatic N) is 5. The molecule has 4 aromatic heterocycles. The van der Waals surface area contributed by atoms with Crippen molar-refractivity contribution in [2.75, 3.05) is 11.9 Å². The Morgan fingerprint density at radius 1 is 1.20 bits per heavy atom. The molecule has 1 amide bonds. The number of carbonyl (C=O) groups is 1. The zero-order valence-electron chi connectivity index (χ0n) is 16.2. The molecular formula is C21H19ClN6OS. The van der Waals surface area contributed by atoms with Gasteiger partial charge in [-0.1, -0.05) is 17.7 Å². The largest absolute Gasteiger partial charge is 0.329 e. The van der Waals surface area contributed by atoms with Crippen LogP contribution in [0.2, 0.25) is 5.02 Å². The monoisotopic (exact) mass is 438 g/mol. The molecule has 4 aromatic rings. The molecule has 7 nitrogen and oxygen atoms in total. The molecule has 0 aromatic carbocycles. The van der Waals surface area contributed by atoms with E-state index in [9.17, 15) is 4.79 Å². The average Bonchev–Trinajstić information content (AvgIpc) is 3.47. The summed E-state index contributed by atoms with van der Waals surface area (Å²) < 4.78 is 1.78. The minimum atomic E-state index is -0.0898. The fraction of sp³-hybridized carbons (Fsp3) is 0.238. The molecule has 1 atom stereocenters. The summed E-state index contributed by atoms with van der Waals surface area (Å²) in [5.74, 6) is 0.636. The highest BCUT2D eigenvalue weighted by Crippen LogP contribution is 2.33. The smallest absolute Gasteiger partial charge is 0.274 e. The van der Waals surface area contributed by atoms with Gasteiger partial charge in [-0.05, 0) is 44.0 Å². The number of rotatable bonds is 4. The summed E-state index contributed by atoms with van der Waals surface area (Å²) in [6.07, 6.45) is 5.28. The van der Waals surface area contributed by atoms with Crippen LogP contribution in [-0.4, -0.2) is 36.7 Å². The number of hydrogen-bond donors (Lipinski definition) is 1. The Labute approximate surface area is 182 Å². The van der Waals surface area contributed by atoms with Gasteiger partial charge in [0.25, 0.3) is 5.91 Å². The highest BCUT2D eigenvalue weighted by atomic mass is 35.5. The van der Waals surface area contributed by atoms with Gasteiger partial charge in [-0.15, -0.1) is 11.3 Å². The van der Waals surface area contributed by atoms with Crippen molar-refractivity contribution in [1.29, 1.82) is 0 Å². The van der Waals surface area contributed by atoms with Crippen molar-refractivity contribution in [1.82, 2.24) is 24.3 Å². The van der Waals surface area contributed by atoms with Crippen molar-refractivity contribution in [2.45, 2.75) is 25.8 Å². The Hall–Kier alpha value is -2.97. The predicted molar refractivity (Wildman–Crippen MR) is 118 cm³/mol. The third kappa shape index (κ3) is 3.64. The molecule has 1 fully saturated rings.